The summed E-state index contributed by atoms with van der Waals surface area (Å²) in [5.74, 6) is -3.27. The summed E-state index contributed by atoms with van der Waals surface area (Å²) in [6.45, 7) is 9.18. The number of pyridine rings is 1. The first-order valence-corrected chi connectivity index (χ1v) is 35.4. The number of nitrogens with one attached hydrogen (secondary N) is 3. The topological polar surface area (TPSA) is 330 Å². The molecule has 6 aliphatic rings. The molecular formula is C70H83N10O16S2. The lowest BCUT2D eigenvalue weighted by molar-refractivity contribution is -0.248. The summed E-state index contributed by atoms with van der Waals surface area (Å²) in [4.78, 5) is 105. The first-order valence-electron chi connectivity index (χ1n) is 33.0. The Labute approximate surface area is 572 Å². The molecule has 2 aliphatic heterocycles. The monoisotopic (exact) mass is 1380 g/mol. The van der Waals surface area contributed by atoms with Crippen molar-refractivity contribution in [3.05, 3.63) is 125 Å². The highest BCUT2D eigenvalue weighted by atomic mass is 32.2. The highest BCUT2D eigenvalue weighted by Gasteiger charge is 2.66. The summed E-state index contributed by atoms with van der Waals surface area (Å²) in [6, 6.07) is 21.2. The first kappa shape index (κ1) is 70.5. The number of thiazole rings is 1. The molecule has 4 saturated carbocycles. The van der Waals surface area contributed by atoms with Crippen molar-refractivity contribution in [1.29, 1.82) is 0 Å². The van der Waals surface area contributed by atoms with Gasteiger partial charge in [-0.2, -0.15) is 13.5 Å². The number of methoxy groups -OCH3 is 2. The van der Waals surface area contributed by atoms with Crippen molar-refractivity contribution in [1.82, 2.24) is 40.2 Å². The average Bonchev–Trinajstić information content (AvgIpc) is 0.928. The van der Waals surface area contributed by atoms with Gasteiger partial charge in [-0.1, -0.05) is 55.9 Å². The minimum Gasteiger partial charge on any atom is -0.496 e. The van der Waals surface area contributed by atoms with Crippen molar-refractivity contribution < 1.29 is 75.3 Å². The van der Waals surface area contributed by atoms with Crippen LogP contribution in [-0.4, -0.2) is 173 Å². The quantitative estimate of drug-likeness (QED) is 0.0150. The number of carboxylic acid groups (broad SMARTS) is 1. The molecular weight excluding hydrogens is 1300 g/mol. The highest BCUT2D eigenvalue weighted by Crippen LogP contribution is 2.72. The Bertz CT molecular complexity index is 4100. The van der Waals surface area contributed by atoms with E-state index in [1.165, 1.54) is 23.5 Å². The molecule has 3 aromatic carbocycles. The number of nitrogens with zero attached hydrogens (tertiary/aromatic N) is 7. The lowest BCUT2D eigenvalue weighted by atomic mass is 9.39. The smallest absolute Gasteiger partial charge is 0.410 e. The molecule has 3 atom stereocenters. The van der Waals surface area contributed by atoms with Gasteiger partial charge in [0.05, 0.1) is 48.9 Å². The third kappa shape index (κ3) is 16.5. The Balaban J connectivity index is 0.681. The summed E-state index contributed by atoms with van der Waals surface area (Å²) in [5, 5.41) is 24.2. The lowest BCUT2D eigenvalue weighted by Crippen LogP contribution is -2.64. The predicted molar refractivity (Wildman–Crippen MR) is 362 cm³/mol. The molecule has 5 N–H and O–H groups in total. The van der Waals surface area contributed by atoms with E-state index in [0.717, 1.165) is 70.5 Å². The molecule has 26 nitrogen and oxygen atoms in total. The Morgan fingerprint density at radius 3 is 2.35 bits per heavy atom. The zero-order chi connectivity index (χ0) is 69.6. The van der Waals surface area contributed by atoms with Crippen LogP contribution in [0.1, 0.15) is 128 Å². The number of para-hydroxylation sites is 1. The molecule has 6 amide bonds. The van der Waals surface area contributed by atoms with Gasteiger partial charge in [0.25, 0.3) is 27.8 Å². The summed E-state index contributed by atoms with van der Waals surface area (Å²) < 4.78 is 66.3. The molecule has 521 valence electrons. The Hall–Kier alpha value is -8.83. The SMILES string of the molecule is COCCN(CCOC12CC3(C)CC(C)(CC(Cn4ncc(-c5ccc(N6CCc7c(OC)ccc(C(=O)Nc8nc9ccccc9s8)c7C6)nc5C(=O)O)c4C)(C3)C1)C2)C(=O)OCc1cc[c]cc1OCCCNC(=O)[C@H](CS(=O)(=O)O)NC(=O)CCCCCN1C(=O)C=CC1=O. The normalized spacial score (nSPS) is 21.1. The Morgan fingerprint density at radius 1 is 0.847 bits per heavy atom. The molecule has 3 aromatic heterocycles. The van der Waals surface area contributed by atoms with Gasteiger partial charge in [0.2, 0.25) is 11.8 Å². The number of ether oxygens (including phenoxy) is 5. The van der Waals surface area contributed by atoms with E-state index in [4.69, 9.17) is 33.8 Å². The fraction of sp³-hybridized carbons (Fsp3) is 0.486. The molecule has 6 aromatic rings. The molecule has 0 saturated heterocycles. The molecule has 4 aliphatic carbocycles. The Kier molecular flexibility index (Phi) is 21.4. The van der Waals surface area contributed by atoms with Crippen LogP contribution in [-0.2, 0) is 69.6 Å². The third-order valence-corrected chi connectivity index (χ3v) is 20.9. The van der Waals surface area contributed by atoms with E-state index < -0.39 is 63.2 Å². The van der Waals surface area contributed by atoms with Crippen molar-refractivity contribution in [3.8, 4) is 22.6 Å². The van der Waals surface area contributed by atoms with Crippen LogP contribution in [0.25, 0.3) is 21.3 Å². The van der Waals surface area contributed by atoms with Crippen LogP contribution in [0.3, 0.4) is 0 Å². The maximum atomic E-state index is 14.0. The molecule has 28 heteroatoms. The second-order valence-corrected chi connectivity index (χ2v) is 29.7. The molecule has 0 spiro atoms. The number of benzene rings is 3. The number of rotatable bonds is 32. The molecule has 12 rings (SSSR count). The van der Waals surface area contributed by atoms with Crippen LogP contribution in [0.15, 0.2) is 85.1 Å². The van der Waals surface area contributed by atoms with Gasteiger partial charge in [-0.3, -0.25) is 43.4 Å². The van der Waals surface area contributed by atoms with Crippen LogP contribution in [0.5, 0.6) is 11.5 Å². The molecule has 4 bridgehead atoms. The highest BCUT2D eigenvalue weighted by molar-refractivity contribution is 7.85. The molecule has 4 fully saturated rings. The van der Waals surface area contributed by atoms with E-state index in [-0.39, 0.29) is 99.8 Å². The van der Waals surface area contributed by atoms with E-state index in [2.05, 4.69) is 40.8 Å². The number of aromatic carboxylic acids is 1. The van der Waals surface area contributed by atoms with Crippen molar-refractivity contribution in [2.45, 2.75) is 129 Å². The van der Waals surface area contributed by atoms with Gasteiger partial charge in [-0.05, 0) is 141 Å². The minimum atomic E-state index is -4.67. The Morgan fingerprint density at radius 2 is 1.61 bits per heavy atom. The van der Waals surface area contributed by atoms with Crippen molar-refractivity contribution >= 4 is 84.2 Å². The van der Waals surface area contributed by atoms with Crippen molar-refractivity contribution in [2.75, 3.05) is 82.7 Å². The zero-order valence-corrected chi connectivity index (χ0v) is 57.3. The van der Waals surface area contributed by atoms with Crippen LogP contribution in [0, 0.1) is 29.2 Å². The number of fused-ring (bicyclic) bond motifs is 2. The number of anilines is 2. The fourth-order valence-corrected chi connectivity index (χ4v) is 17.6. The number of carbonyl (C=O) groups is 7. The number of carbonyl (C=O) groups excluding carboxylic acids is 6. The summed E-state index contributed by atoms with van der Waals surface area (Å²) >= 11 is 1.39. The van der Waals surface area contributed by atoms with Crippen molar-refractivity contribution in [3.63, 3.8) is 0 Å². The summed E-state index contributed by atoms with van der Waals surface area (Å²) in [5.41, 5.74) is 4.57. The van der Waals surface area contributed by atoms with Gasteiger partial charge in [-0.15, -0.1) is 0 Å². The van der Waals surface area contributed by atoms with E-state index in [1.54, 1.807) is 61.7 Å². The van der Waals surface area contributed by atoms with Crippen LogP contribution >= 0.6 is 11.3 Å². The standard InChI is InChI=1S/C70H83N10O16S2/c1-45-50(48-20-22-57(75-61(48)64(86)87)78-28-25-47-51(35-78)49(19-21-55(47)93-5)62(84)76-65-74-52-15-9-11-17-56(52)97-65)34-72-80(45)44-69-39-67(2)38-68(3,40-69)42-70(41-67,43-69)96-33-30-77(29-32-92-4)66(88)95-36-46-14-8-10-16-54(46)94-31-13-26-71-63(85)53(37-98(89,90)91)73-58(81)18-7-6-12-27-79-59(82)23-24-60(79)83/h8-9,11,14-17,19-24,34,53H,6-7,12-13,18,25-33,35-44H2,1-5H3,(H,71,85)(H,73,81)(H,86,87)(H,74,76,84)(H,89,90,91)/t53-,67?,68?,69?,70?/m0/s1. The lowest BCUT2D eigenvalue weighted by Gasteiger charge is -2.69. The van der Waals surface area contributed by atoms with Gasteiger partial charge in [0.1, 0.15) is 35.7 Å². The van der Waals surface area contributed by atoms with E-state index >= 15 is 0 Å². The zero-order valence-electron chi connectivity index (χ0n) is 55.7. The van der Waals surface area contributed by atoms with Crippen LogP contribution in [0.4, 0.5) is 15.7 Å². The fourth-order valence-electron chi connectivity index (χ4n) is 16.1. The predicted octanol–water partition coefficient (Wildman–Crippen LogP) is 8.35. The average molecular weight is 1380 g/mol. The second-order valence-electron chi connectivity index (χ2n) is 27.2. The minimum absolute atomic E-state index is 0.0176. The largest absolute Gasteiger partial charge is 0.496 e. The first-order chi connectivity index (χ1) is 46.9. The molecule has 1 radical (unpaired) electrons. The van der Waals surface area contributed by atoms with Gasteiger partial charge < -0.3 is 49.2 Å². The number of aromatic nitrogens is 4. The number of carboxylic acids is 1. The summed E-state index contributed by atoms with van der Waals surface area (Å²) in [6.07, 6.45) is 11.0. The van der Waals surface area contributed by atoms with Crippen molar-refractivity contribution in [2.24, 2.45) is 16.2 Å². The molecule has 2 unspecified atom stereocenters. The van der Waals surface area contributed by atoms with Gasteiger partial charge in [0.15, 0.2) is 10.8 Å². The van der Waals surface area contributed by atoms with Gasteiger partial charge in [-0.25, -0.2) is 19.6 Å². The van der Waals surface area contributed by atoms with E-state index in [0.29, 0.717) is 83.5 Å². The van der Waals surface area contributed by atoms with E-state index in [9.17, 15) is 51.6 Å². The number of hydrogen-bond donors (Lipinski definition) is 5. The van der Waals surface area contributed by atoms with Crippen LogP contribution < -0.4 is 30.3 Å². The second kappa shape index (κ2) is 29.7. The van der Waals surface area contributed by atoms with Gasteiger partial charge >= 0.3 is 12.1 Å². The van der Waals surface area contributed by atoms with Crippen LogP contribution in [0.2, 0.25) is 0 Å². The number of amides is 6. The van der Waals surface area contributed by atoms with E-state index in [1.807, 2.05) is 46.8 Å². The maximum Gasteiger partial charge on any atom is 0.410 e. The number of unbranched alkanes of at least 4 members (excludes halogenated alkanes) is 2. The summed E-state index contributed by atoms with van der Waals surface area (Å²) in [7, 11) is -1.51. The van der Waals surface area contributed by atoms with Gasteiger partial charge in [0, 0.05) is 105 Å². The molecule has 5 heterocycles. The third-order valence-electron chi connectivity index (χ3n) is 19.2. The number of hydrogen-bond acceptors (Lipinski definition) is 19. The molecule has 98 heavy (non-hydrogen) atoms. The number of imide groups is 1. The maximum absolute atomic E-state index is 14.0.